The normalized spacial score (nSPS) is 10.6. The van der Waals surface area contributed by atoms with Gasteiger partial charge in [0, 0.05) is 25.4 Å². The van der Waals surface area contributed by atoms with Gasteiger partial charge in [-0.05, 0) is 30.2 Å². The zero-order valence-corrected chi connectivity index (χ0v) is 11.7. The summed E-state index contributed by atoms with van der Waals surface area (Å²) in [7, 11) is 5.15. The second-order valence-electron chi connectivity index (χ2n) is 4.39. The highest BCUT2D eigenvalue weighted by Gasteiger charge is 2.14. The number of ether oxygens (including phenoxy) is 2. The SMILES string of the molecule is COc1cc(C)c(-c2cn(C)nc2CN)cc1OC. The van der Waals surface area contributed by atoms with Crippen molar-refractivity contribution >= 4 is 0 Å². The summed E-state index contributed by atoms with van der Waals surface area (Å²) >= 11 is 0. The smallest absolute Gasteiger partial charge is 0.161 e. The van der Waals surface area contributed by atoms with Crippen LogP contribution in [-0.2, 0) is 13.6 Å². The van der Waals surface area contributed by atoms with E-state index in [1.54, 1.807) is 18.9 Å². The summed E-state index contributed by atoms with van der Waals surface area (Å²) in [4.78, 5) is 0. The second kappa shape index (κ2) is 5.32. The van der Waals surface area contributed by atoms with Crippen molar-refractivity contribution in [2.24, 2.45) is 12.8 Å². The molecule has 1 heterocycles. The van der Waals surface area contributed by atoms with Crippen LogP contribution < -0.4 is 15.2 Å². The van der Waals surface area contributed by atoms with E-state index < -0.39 is 0 Å². The van der Waals surface area contributed by atoms with Crippen LogP contribution in [0.5, 0.6) is 11.5 Å². The Morgan fingerprint density at radius 3 is 2.37 bits per heavy atom. The Balaban J connectivity index is 2.61. The molecule has 102 valence electrons. The number of rotatable bonds is 4. The van der Waals surface area contributed by atoms with Gasteiger partial charge in [0.1, 0.15) is 0 Å². The van der Waals surface area contributed by atoms with Gasteiger partial charge >= 0.3 is 0 Å². The zero-order chi connectivity index (χ0) is 14.0. The molecule has 0 amide bonds. The molecule has 0 saturated heterocycles. The van der Waals surface area contributed by atoms with Crippen molar-refractivity contribution < 1.29 is 9.47 Å². The van der Waals surface area contributed by atoms with Gasteiger partial charge in [0.25, 0.3) is 0 Å². The summed E-state index contributed by atoms with van der Waals surface area (Å²) < 4.78 is 12.4. The van der Waals surface area contributed by atoms with Gasteiger partial charge in [-0.15, -0.1) is 0 Å². The molecule has 1 aromatic carbocycles. The van der Waals surface area contributed by atoms with Gasteiger partial charge in [-0.3, -0.25) is 4.68 Å². The number of hydrogen-bond acceptors (Lipinski definition) is 4. The van der Waals surface area contributed by atoms with E-state index in [0.29, 0.717) is 12.3 Å². The first kappa shape index (κ1) is 13.4. The Morgan fingerprint density at radius 2 is 1.79 bits per heavy atom. The molecule has 19 heavy (non-hydrogen) atoms. The summed E-state index contributed by atoms with van der Waals surface area (Å²) in [6.45, 7) is 2.44. The lowest BCUT2D eigenvalue weighted by Crippen LogP contribution is -2.00. The average molecular weight is 261 g/mol. The lowest BCUT2D eigenvalue weighted by Gasteiger charge is -2.12. The van der Waals surface area contributed by atoms with Crippen LogP contribution in [0.1, 0.15) is 11.3 Å². The minimum absolute atomic E-state index is 0.407. The van der Waals surface area contributed by atoms with Crippen molar-refractivity contribution in [3.8, 4) is 22.6 Å². The van der Waals surface area contributed by atoms with Crippen molar-refractivity contribution in [1.29, 1.82) is 0 Å². The molecule has 0 aliphatic carbocycles. The molecule has 2 N–H and O–H groups in total. The first-order chi connectivity index (χ1) is 9.10. The summed E-state index contributed by atoms with van der Waals surface area (Å²) in [5.41, 5.74) is 9.81. The molecular formula is C14H19N3O2. The Morgan fingerprint density at radius 1 is 1.16 bits per heavy atom. The van der Waals surface area contributed by atoms with Crippen LogP contribution in [0.4, 0.5) is 0 Å². The summed E-state index contributed by atoms with van der Waals surface area (Å²) in [6, 6.07) is 3.92. The number of nitrogens with zero attached hydrogens (tertiary/aromatic N) is 2. The summed E-state index contributed by atoms with van der Waals surface area (Å²) in [6.07, 6.45) is 1.97. The summed E-state index contributed by atoms with van der Waals surface area (Å²) in [5.74, 6) is 1.43. The topological polar surface area (TPSA) is 62.3 Å². The quantitative estimate of drug-likeness (QED) is 0.912. The molecule has 0 aliphatic heterocycles. The predicted molar refractivity (Wildman–Crippen MR) is 74.4 cm³/mol. The van der Waals surface area contributed by atoms with E-state index in [9.17, 15) is 0 Å². The van der Waals surface area contributed by atoms with Crippen molar-refractivity contribution in [3.05, 3.63) is 29.6 Å². The van der Waals surface area contributed by atoms with E-state index in [1.165, 1.54) is 0 Å². The highest BCUT2D eigenvalue weighted by molar-refractivity contribution is 5.72. The molecule has 5 nitrogen and oxygen atoms in total. The number of aryl methyl sites for hydroxylation is 2. The van der Waals surface area contributed by atoms with Crippen molar-refractivity contribution in [2.75, 3.05) is 14.2 Å². The van der Waals surface area contributed by atoms with Crippen molar-refractivity contribution in [1.82, 2.24) is 9.78 Å². The molecule has 2 aromatic rings. The Hall–Kier alpha value is -2.01. The van der Waals surface area contributed by atoms with Crippen LogP contribution in [0.3, 0.4) is 0 Å². The van der Waals surface area contributed by atoms with Crippen molar-refractivity contribution in [3.63, 3.8) is 0 Å². The third-order valence-corrected chi connectivity index (χ3v) is 3.12. The van der Waals surface area contributed by atoms with Gasteiger partial charge < -0.3 is 15.2 Å². The lowest BCUT2D eigenvalue weighted by atomic mass is 10.00. The Kier molecular flexibility index (Phi) is 3.76. The molecule has 2 rings (SSSR count). The van der Waals surface area contributed by atoms with Gasteiger partial charge in [0.2, 0.25) is 0 Å². The lowest BCUT2D eigenvalue weighted by molar-refractivity contribution is 0.355. The number of benzene rings is 1. The fourth-order valence-corrected chi connectivity index (χ4v) is 2.18. The van der Waals surface area contributed by atoms with E-state index in [2.05, 4.69) is 5.10 Å². The molecule has 0 bridgehead atoms. The molecule has 0 fully saturated rings. The van der Waals surface area contributed by atoms with E-state index >= 15 is 0 Å². The maximum absolute atomic E-state index is 5.75. The standard InChI is InChI=1S/C14H19N3O2/c1-9-5-13(18-3)14(19-4)6-10(9)11-8-17(2)16-12(11)7-15/h5-6,8H,7,15H2,1-4H3. The fourth-order valence-electron chi connectivity index (χ4n) is 2.18. The Labute approximate surface area is 112 Å². The van der Waals surface area contributed by atoms with E-state index in [4.69, 9.17) is 15.2 Å². The number of methoxy groups -OCH3 is 2. The van der Waals surface area contributed by atoms with Crippen LogP contribution in [0, 0.1) is 6.92 Å². The van der Waals surface area contributed by atoms with Crippen LogP contribution >= 0.6 is 0 Å². The van der Waals surface area contributed by atoms with Crippen LogP contribution in [0.25, 0.3) is 11.1 Å². The predicted octanol–water partition coefficient (Wildman–Crippen LogP) is 1.87. The van der Waals surface area contributed by atoms with Crippen LogP contribution in [-0.4, -0.2) is 24.0 Å². The van der Waals surface area contributed by atoms with E-state index in [-0.39, 0.29) is 0 Å². The fraction of sp³-hybridized carbons (Fsp3) is 0.357. The van der Waals surface area contributed by atoms with Gasteiger partial charge in [0.05, 0.1) is 19.9 Å². The summed E-state index contributed by atoms with van der Waals surface area (Å²) in [5, 5.41) is 4.36. The minimum atomic E-state index is 0.407. The van der Waals surface area contributed by atoms with Crippen LogP contribution in [0.15, 0.2) is 18.3 Å². The maximum atomic E-state index is 5.75. The van der Waals surface area contributed by atoms with Gasteiger partial charge in [-0.1, -0.05) is 0 Å². The molecule has 0 atom stereocenters. The van der Waals surface area contributed by atoms with Gasteiger partial charge in [0.15, 0.2) is 11.5 Å². The molecule has 0 unspecified atom stereocenters. The van der Waals surface area contributed by atoms with E-state index in [0.717, 1.165) is 28.1 Å². The van der Waals surface area contributed by atoms with Gasteiger partial charge in [-0.2, -0.15) is 5.10 Å². The third kappa shape index (κ3) is 2.42. The maximum Gasteiger partial charge on any atom is 0.161 e. The number of nitrogens with two attached hydrogens (primary N) is 1. The molecular weight excluding hydrogens is 242 g/mol. The molecule has 0 saturated carbocycles. The monoisotopic (exact) mass is 261 g/mol. The number of aromatic nitrogens is 2. The molecule has 0 radical (unpaired) electrons. The highest BCUT2D eigenvalue weighted by atomic mass is 16.5. The molecule has 0 spiro atoms. The first-order valence-corrected chi connectivity index (χ1v) is 6.06. The van der Waals surface area contributed by atoms with Gasteiger partial charge in [-0.25, -0.2) is 0 Å². The number of hydrogen-bond donors (Lipinski definition) is 1. The van der Waals surface area contributed by atoms with E-state index in [1.807, 2.05) is 32.3 Å². The average Bonchev–Trinajstić information content (AvgIpc) is 2.79. The third-order valence-electron chi connectivity index (χ3n) is 3.12. The molecule has 1 aromatic heterocycles. The minimum Gasteiger partial charge on any atom is -0.493 e. The second-order valence-corrected chi connectivity index (χ2v) is 4.39. The van der Waals surface area contributed by atoms with Crippen LogP contribution in [0.2, 0.25) is 0 Å². The first-order valence-electron chi connectivity index (χ1n) is 6.06. The Bertz CT molecular complexity index is 591. The van der Waals surface area contributed by atoms with Crippen molar-refractivity contribution in [2.45, 2.75) is 13.5 Å². The largest absolute Gasteiger partial charge is 0.493 e. The molecule has 5 heteroatoms. The molecule has 0 aliphatic rings. The highest BCUT2D eigenvalue weighted by Crippen LogP contribution is 2.36. The zero-order valence-electron chi connectivity index (χ0n) is 11.7.